The quantitative estimate of drug-likeness (QED) is 0.912. The summed E-state index contributed by atoms with van der Waals surface area (Å²) >= 11 is 0. The summed E-state index contributed by atoms with van der Waals surface area (Å²) in [6, 6.07) is 5.63. The van der Waals surface area contributed by atoms with E-state index in [4.69, 9.17) is 4.74 Å². The van der Waals surface area contributed by atoms with Crippen LogP contribution in [0.1, 0.15) is 5.69 Å². The van der Waals surface area contributed by atoms with Crippen LogP contribution in [-0.4, -0.2) is 47.1 Å². The SMILES string of the molecule is Cc1nccc2nc(OCCN3CCNC3=O)ccc12. The number of amides is 2. The summed E-state index contributed by atoms with van der Waals surface area (Å²) in [5.41, 5.74) is 1.82. The van der Waals surface area contributed by atoms with Gasteiger partial charge in [0.15, 0.2) is 0 Å². The molecule has 20 heavy (non-hydrogen) atoms. The number of nitrogens with zero attached hydrogens (tertiary/aromatic N) is 3. The van der Waals surface area contributed by atoms with Gasteiger partial charge >= 0.3 is 6.03 Å². The Labute approximate surface area is 116 Å². The molecular weight excluding hydrogens is 256 g/mol. The second kappa shape index (κ2) is 5.32. The Kier molecular flexibility index (Phi) is 3.37. The highest BCUT2D eigenvalue weighted by molar-refractivity contribution is 5.80. The Hall–Kier alpha value is -2.37. The summed E-state index contributed by atoms with van der Waals surface area (Å²) in [4.78, 5) is 21.8. The molecule has 0 unspecified atom stereocenters. The molecule has 104 valence electrons. The molecule has 0 aromatic carbocycles. The van der Waals surface area contributed by atoms with Gasteiger partial charge in [-0.15, -0.1) is 0 Å². The van der Waals surface area contributed by atoms with Gasteiger partial charge < -0.3 is 15.0 Å². The van der Waals surface area contributed by atoms with E-state index in [0.717, 1.165) is 23.1 Å². The van der Waals surface area contributed by atoms with Crippen molar-refractivity contribution in [3.63, 3.8) is 0 Å². The zero-order valence-corrected chi connectivity index (χ0v) is 11.3. The summed E-state index contributed by atoms with van der Waals surface area (Å²) in [5, 5.41) is 3.78. The molecule has 6 nitrogen and oxygen atoms in total. The predicted molar refractivity (Wildman–Crippen MR) is 74.7 cm³/mol. The van der Waals surface area contributed by atoms with E-state index in [1.54, 1.807) is 11.1 Å². The fourth-order valence-electron chi connectivity index (χ4n) is 2.24. The van der Waals surface area contributed by atoms with E-state index in [0.29, 0.717) is 25.6 Å². The summed E-state index contributed by atoms with van der Waals surface area (Å²) in [7, 11) is 0. The average Bonchev–Trinajstić information content (AvgIpc) is 2.85. The van der Waals surface area contributed by atoms with Crippen LogP contribution in [-0.2, 0) is 0 Å². The van der Waals surface area contributed by atoms with Crippen LogP contribution in [0.5, 0.6) is 5.88 Å². The van der Waals surface area contributed by atoms with Crippen LogP contribution in [0.3, 0.4) is 0 Å². The molecule has 0 radical (unpaired) electrons. The molecule has 1 aliphatic heterocycles. The fraction of sp³-hybridized carbons (Fsp3) is 0.357. The number of aromatic nitrogens is 2. The molecule has 0 spiro atoms. The molecular formula is C14H16N4O2. The van der Waals surface area contributed by atoms with Crippen LogP contribution in [0.15, 0.2) is 24.4 Å². The van der Waals surface area contributed by atoms with Crippen LogP contribution in [0.4, 0.5) is 4.79 Å². The third kappa shape index (κ3) is 2.49. The standard InChI is InChI=1S/C14H16N4O2/c1-10-11-2-3-13(17-12(11)4-5-15-10)20-9-8-18-7-6-16-14(18)19/h2-5H,6-9H2,1H3,(H,16,19). The fourth-order valence-corrected chi connectivity index (χ4v) is 2.24. The van der Waals surface area contributed by atoms with Crippen molar-refractivity contribution in [2.24, 2.45) is 0 Å². The Morgan fingerprint density at radius 3 is 3.10 bits per heavy atom. The van der Waals surface area contributed by atoms with E-state index >= 15 is 0 Å². The highest BCUT2D eigenvalue weighted by atomic mass is 16.5. The average molecular weight is 272 g/mol. The van der Waals surface area contributed by atoms with Crippen LogP contribution < -0.4 is 10.1 Å². The number of aryl methyl sites for hydroxylation is 1. The third-order valence-electron chi connectivity index (χ3n) is 3.35. The minimum Gasteiger partial charge on any atom is -0.476 e. The largest absolute Gasteiger partial charge is 0.476 e. The Balaban J connectivity index is 1.64. The number of nitrogens with one attached hydrogen (secondary N) is 1. The normalized spacial score (nSPS) is 14.7. The molecule has 1 saturated heterocycles. The molecule has 0 atom stereocenters. The Morgan fingerprint density at radius 2 is 2.30 bits per heavy atom. The number of fused-ring (bicyclic) bond motifs is 1. The molecule has 2 aromatic rings. The minimum absolute atomic E-state index is 0.0261. The van der Waals surface area contributed by atoms with Crippen LogP contribution >= 0.6 is 0 Å². The van der Waals surface area contributed by atoms with Crippen LogP contribution in [0.25, 0.3) is 10.9 Å². The van der Waals surface area contributed by atoms with Crippen molar-refractivity contribution in [2.45, 2.75) is 6.92 Å². The minimum atomic E-state index is -0.0261. The van der Waals surface area contributed by atoms with E-state index in [1.807, 2.05) is 25.1 Å². The van der Waals surface area contributed by atoms with Crippen molar-refractivity contribution in [1.29, 1.82) is 0 Å². The maximum absolute atomic E-state index is 11.4. The molecule has 3 heterocycles. The monoisotopic (exact) mass is 272 g/mol. The third-order valence-corrected chi connectivity index (χ3v) is 3.35. The first-order chi connectivity index (χ1) is 9.74. The molecule has 1 fully saturated rings. The molecule has 0 bridgehead atoms. The molecule has 2 amide bonds. The van der Waals surface area contributed by atoms with Crippen molar-refractivity contribution < 1.29 is 9.53 Å². The van der Waals surface area contributed by atoms with E-state index in [1.165, 1.54) is 0 Å². The number of ether oxygens (including phenoxy) is 1. The van der Waals surface area contributed by atoms with Gasteiger partial charge in [-0.25, -0.2) is 9.78 Å². The summed E-state index contributed by atoms with van der Waals surface area (Å²) < 4.78 is 5.61. The number of pyridine rings is 2. The molecule has 2 aromatic heterocycles. The molecule has 1 N–H and O–H groups in total. The zero-order valence-electron chi connectivity index (χ0n) is 11.3. The number of carbonyl (C=O) groups excluding carboxylic acids is 1. The maximum atomic E-state index is 11.4. The first kappa shape index (κ1) is 12.7. The number of hydrogen-bond acceptors (Lipinski definition) is 4. The molecule has 0 saturated carbocycles. The lowest BCUT2D eigenvalue weighted by molar-refractivity contribution is 0.201. The van der Waals surface area contributed by atoms with Gasteiger partial charge in [-0.3, -0.25) is 4.98 Å². The zero-order chi connectivity index (χ0) is 13.9. The van der Waals surface area contributed by atoms with Gasteiger partial charge in [-0.1, -0.05) is 0 Å². The van der Waals surface area contributed by atoms with E-state index in [-0.39, 0.29) is 6.03 Å². The van der Waals surface area contributed by atoms with Gasteiger partial charge in [0.1, 0.15) is 6.61 Å². The van der Waals surface area contributed by atoms with Gasteiger partial charge in [0.05, 0.1) is 12.1 Å². The highest BCUT2D eigenvalue weighted by Gasteiger charge is 2.18. The lowest BCUT2D eigenvalue weighted by Gasteiger charge is -2.14. The first-order valence-electron chi connectivity index (χ1n) is 6.62. The second-order valence-corrected chi connectivity index (χ2v) is 4.68. The van der Waals surface area contributed by atoms with Crippen LogP contribution in [0, 0.1) is 6.92 Å². The van der Waals surface area contributed by atoms with Gasteiger partial charge in [0.2, 0.25) is 5.88 Å². The number of rotatable bonds is 4. The Morgan fingerprint density at radius 1 is 1.40 bits per heavy atom. The first-order valence-corrected chi connectivity index (χ1v) is 6.62. The van der Waals surface area contributed by atoms with Gasteiger partial charge in [0.25, 0.3) is 0 Å². The van der Waals surface area contributed by atoms with Gasteiger partial charge in [0, 0.05) is 36.4 Å². The van der Waals surface area contributed by atoms with Crippen molar-refractivity contribution in [3.8, 4) is 5.88 Å². The predicted octanol–water partition coefficient (Wildman–Crippen LogP) is 1.34. The van der Waals surface area contributed by atoms with Crippen molar-refractivity contribution >= 4 is 16.9 Å². The second-order valence-electron chi connectivity index (χ2n) is 4.68. The van der Waals surface area contributed by atoms with Crippen molar-refractivity contribution in [3.05, 3.63) is 30.1 Å². The smallest absolute Gasteiger partial charge is 0.317 e. The van der Waals surface area contributed by atoms with Crippen molar-refractivity contribution in [2.75, 3.05) is 26.2 Å². The topological polar surface area (TPSA) is 67.4 Å². The number of carbonyl (C=O) groups is 1. The summed E-state index contributed by atoms with van der Waals surface area (Å²) in [6.45, 7) is 4.41. The van der Waals surface area contributed by atoms with Gasteiger partial charge in [-0.05, 0) is 19.1 Å². The van der Waals surface area contributed by atoms with Gasteiger partial charge in [-0.2, -0.15) is 0 Å². The van der Waals surface area contributed by atoms with Crippen molar-refractivity contribution in [1.82, 2.24) is 20.2 Å². The number of hydrogen-bond donors (Lipinski definition) is 1. The summed E-state index contributed by atoms with van der Waals surface area (Å²) in [6.07, 6.45) is 1.74. The van der Waals surface area contributed by atoms with Crippen LogP contribution in [0.2, 0.25) is 0 Å². The lowest BCUT2D eigenvalue weighted by Crippen LogP contribution is -2.31. The maximum Gasteiger partial charge on any atom is 0.317 e. The highest BCUT2D eigenvalue weighted by Crippen LogP contribution is 2.18. The summed E-state index contributed by atoms with van der Waals surface area (Å²) in [5.74, 6) is 0.572. The molecule has 1 aliphatic rings. The lowest BCUT2D eigenvalue weighted by atomic mass is 10.2. The molecule has 6 heteroatoms. The van der Waals surface area contributed by atoms with E-state index in [9.17, 15) is 4.79 Å². The Bertz CT molecular complexity index is 644. The van der Waals surface area contributed by atoms with E-state index in [2.05, 4.69) is 15.3 Å². The molecule has 0 aliphatic carbocycles. The molecule has 3 rings (SSSR count). The van der Waals surface area contributed by atoms with E-state index < -0.39 is 0 Å². The number of urea groups is 1.